The van der Waals surface area contributed by atoms with Gasteiger partial charge >= 0.3 is 18.0 Å². The summed E-state index contributed by atoms with van der Waals surface area (Å²) in [5.74, 6) is -2.22. The van der Waals surface area contributed by atoms with E-state index in [4.69, 9.17) is 19.3 Å². The fourth-order valence-corrected chi connectivity index (χ4v) is 4.23. The van der Waals surface area contributed by atoms with Gasteiger partial charge in [0.15, 0.2) is 6.61 Å². The monoisotopic (exact) mass is 614 g/mol. The molecule has 0 unspecified atom stereocenters. The first-order valence-corrected chi connectivity index (χ1v) is 14.3. The van der Waals surface area contributed by atoms with Crippen LogP contribution in [0.5, 0.6) is 5.75 Å². The lowest BCUT2D eigenvalue weighted by atomic mass is 10.00. The number of carbonyl (C=O) groups is 5. The van der Waals surface area contributed by atoms with Gasteiger partial charge in [0.2, 0.25) is 11.8 Å². The molecule has 0 radical (unpaired) electrons. The Hall–Kier alpha value is -4.65. The number of carboxylic acids is 1. The van der Waals surface area contributed by atoms with Gasteiger partial charge in [0.25, 0.3) is 0 Å². The maximum atomic E-state index is 13.5. The van der Waals surface area contributed by atoms with Gasteiger partial charge in [-0.25, -0.2) is 9.59 Å². The summed E-state index contributed by atoms with van der Waals surface area (Å²) in [4.78, 5) is 61.7. The smallest absolute Gasteiger partial charge is 0.407 e. The number of ether oxygens (including phenoxy) is 3. The van der Waals surface area contributed by atoms with Crippen LogP contribution in [0.4, 0.5) is 4.79 Å². The number of rotatable bonds is 18. The van der Waals surface area contributed by atoms with Gasteiger partial charge in [-0.1, -0.05) is 56.3 Å². The third kappa shape index (κ3) is 13.1. The molecule has 5 N–H and O–H groups in total. The van der Waals surface area contributed by atoms with Crippen molar-refractivity contribution in [2.75, 3.05) is 27.3 Å². The molecule has 3 amide bonds. The Kier molecular flexibility index (Phi) is 15.2. The molecule has 2 aromatic rings. The highest BCUT2D eigenvalue weighted by atomic mass is 16.5. The third-order valence-electron chi connectivity index (χ3n) is 6.43. The minimum Gasteiger partial charge on any atom is -0.482 e. The number of methoxy groups -OCH3 is 1. The second kappa shape index (κ2) is 18.8. The summed E-state index contributed by atoms with van der Waals surface area (Å²) in [5.41, 5.74) is 1.53. The van der Waals surface area contributed by atoms with Gasteiger partial charge < -0.3 is 35.3 Å². The van der Waals surface area contributed by atoms with Gasteiger partial charge in [0.1, 0.15) is 24.4 Å². The number of benzene rings is 2. The second-order valence-corrected chi connectivity index (χ2v) is 10.4. The Morgan fingerprint density at radius 3 is 2.14 bits per heavy atom. The fraction of sp³-hybridized carbons (Fsp3) is 0.452. The molecule has 44 heavy (non-hydrogen) atoms. The molecule has 240 valence electrons. The Bertz CT molecular complexity index is 1220. The standard InChI is InChI=1S/C31H42N4O9/c1-20(2)16-25(34-24(30(40)42-4)14-15-33-31(41)44-18-22-8-6-5-7-9-22)29(39)35-26(28(38)32-3)17-21-10-12-23(13-11-21)43-19-27(36)37/h5-13,20,24-26,34H,14-19H2,1-4H3,(H,32,38)(H,33,41)(H,35,39)(H,36,37)/t24-,25+,26+/m1/s1. The summed E-state index contributed by atoms with van der Waals surface area (Å²) in [6, 6.07) is 13.0. The Morgan fingerprint density at radius 2 is 1.55 bits per heavy atom. The van der Waals surface area contributed by atoms with Crippen molar-refractivity contribution in [2.24, 2.45) is 5.92 Å². The van der Waals surface area contributed by atoms with Crippen LogP contribution < -0.4 is 26.0 Å². The van der Waals surface area contributed by atoms with E-state index in [1.54, 1.807) is 24.3 Å². The molecule has 0 aliphatic rings. The van der Waals surface area contributed by atoms with Crippen molar-refractivity contribution < 1.29 is 43.3 Å². The zero-order valence-electron chi connectivity index (χ0n) is 25.5. The van der Waals surface area contributed by atoms with Crippen LogP contribution in [0, 0.1) is 5.92 Å². The first kappa shape index (κ1) is 35.5. The number of amides is 3. The van der Waals surface area contributed by atoms with E-state index >= 15 is 0 Å². The summed E-state index contributed by atoms with van der Waals surface area (Å²) in [6.45, 7) is 3.52. The van der Waals surface area contributed by atoms with E-state index in [2.05, 4.69) is 21.3 Å². The summed E-state index contributed by atoms with van der Waals surface area (Å²) >= 11 is 0. The lowest BCUT2D eigenvalue weighted by Gasteiger charge is -2.27. The highest BCUT2D eigenvalue weighted by Crippen LogP contribution is 2.15. The minimum atomic E-state index is -1.10. The Balaban J connectivity index is 2.04. The normalized spacial score (nSPS) is 12.8. The maximum Gasteiger partial charge on any atom is 0.407 e. The summed E-state index contributed by atoms with van der Waals surface area (Å²) in [6.07, 6.45) is -0.0375. The maximum absolute atomic E-state index is 13.5. The van der Waals surface area contributed by atoms with Crippen molar-refractivity contribution in [1.29, 1.82) is 0 Å². The predicted molar refractivity (Wildman–Crippen MR) is 161 cm³/mol. The van der Waals surface area contributed by atoms with Gasteiger partial charge in [-0.3, -0.25) is 19.7 Å². The average molecular weight is 615 g/mol. The van der Waals surface area contributed by atoms with E-state index in [9.17, 15) is 24.0 Å². The molecule has 0 bridgehead atoms. The number of nitrogens with one attached hydrogen (secondary N) is 4. The predicted octanol–water partition coefficient (Wildman–Crippen LogP) is 1.79. The van der Waals surface area contributed by atoms with Gasteiger partial charge in [-0.2, -0.15) is 0 Å². The van der Waals surface area contributed by atoms with Gasteiger partial charge in [-0.15, -0.1) is 0 Å². The van der Waals surface area contributed by atoms with Crippen LogP contribution in [0.15, 0.2) is 54.6 Å². The number of carboxylic acid groups (broad SMARTS) is 1. The largest absolute Gasteiger partial charge is 0.482 e. The molecule has 0 spiro atoms. The minimum absolute atomic E-state index is 0.0550. The molecule has 0 heterocycles. The molecule has 13 nitrogen and oxygen atoms in total. The van der Waals surface area contributed by atoms with E-state index in [-0.39, 0.29) is 31.9 Å². The van der Waals surface area contributed by atoms with Crippen LogP contribution in [0.25, 0.3) is 0 Å². The molecule has 13 heteroatoms. The van der Waals surface area contributed by atoms with Crippen molar-refractivity contribution in [3.63, 3.8) is 0 Å². The molecule has 3 atom stereocenters. The molecule has 0 saturated carbocycles. The molecule has 0 aliphatic heterocycles. The Morgan fingerprint density at radius 1 is 0.864 bits per heavy atom. The highest BCUT2D eigenvalue weighted by molar-refractivity contribution is 5.90. The van der Waals surface area contributed by atoms with E-state index in [1.165, 1.54) is 14.2 Å². The van der Waals surface area contributed by atoms with E-state index < -0.39 is 54.6 Å². The molecule has 0 aliphatic carbocycles. The lowest BCUT2D eigenvalue weighted by Crippen LogP contribution is -2.56. The zero-order chi connectivity index (χ0) is 32.5. The SMILES string of the molecule is CNC(=O)[C@H](Cc1ccc(OCC(=O)O)cc1)NC(=O)[C@H](CC(C)C)N[C@H](CCNC(=O)OCc1ccccc1)C(=O)OC. The molecular weight excluding hydrogens is 572 g/mol. The van der Waals surface area contributed by atoms with E-state index in [0.717, 1.165) is 5.56 Å². The van der Waals surface area contributed by atoms with Crippen molar-refractivity contribution >= 4 is 29.8 Å². The van der Waals surface area contributed by atoms with Gasteiger partial charge in [0.05, 0.1) is 13.2 Å². The first-order valence-electron chi connectivity index (χ1n) is 14.3. The third-order valence-corrected chi connectivity index (χ3v) is 6.43. The average Bonchev–Trinajstić information content (AvgIpc) is 3.01. The number of hydrogen-bond donors (Lipinski definition) is 5. The van der Waals surface area contributed by atoms with Crippen molar-refractivity contribution in [3.8, 4) is 5.75 Å². The molecule has 2 aromatic carbocycles. The number of carbonyl (C=O) groups excluding carboxylic acids is 4. The molecule has 0 aromatic heterocycles. The van der Waals surface area contributed by atoms with E-state index in [0.29, 0.717) is 17.7 Å². The topological polar surface area (TPSA) is 181 Å². The van der Waals surface area contributed by atoms with Crippen LogP contribution in [-0.2, 0) is 41.7 Å². The van der Waals surface area contributed by atoms with Crippen molar-refractivity contribution in [3.05, 3.63) is 65.7 Å². The number of aliphatic carboxylic acids is 1. The quantitative estimate of drug-likeness (QED) is 0.155. The fourth-order valence-electron chi connectivity index (χ4n) is 4.23. The zero-order valence-corrected chi connectivity index (χ0v) is 25.5. The molecule has 0 saturated heterocycles. The lowest BCUT2D eigenvalue weighted by molar-refractivity contribution is -0.144. The molecule has 2 rings (SSSR count). The highest BCUT2D eigenvalue weighted by Gasteiger charge is 2.30. The molecule has 0 fully saturated rings. The Labute approximate surface area is 257 Å². The number of esters is 1. The summed E-state index contributed by atoms with van der Waals surface area (Å²) in [7, 11) is 2.69. The number of hydrogen-bond acceptors (Lipinski definition) is 9. The first-order chi connectivity index (χ1) is 21.0. The van der Waals surface area contributed by atoms with E-state index in [1.807, 2.05) is 44.2 Å². The van der Waals surface area contributed by atoms with Crippen molar-refractivity contribution in [1.82, 2.24) is 21.3 Å². The van der Waals surface area contributed by atoms with Crippen LogP contribution in [0.3, 0.4) is 0 Å². The van der Waals surface area contributed by atoms with Crippen molar-refractivity contribution in [2.45, 2.75) is 57.8 Å². The second-order valence-electron chi connectivity index (χ2n) is 10.4. The summed E-state index contributed by atoms with van der Waals surface area (Å²) < 4.78 is 15.3. The summed E-state index contributed by atoms with van der Waals surface area (Å²) in [5, 5.41) is 19.8. The van der Waals surface area contributed by atoms with Crippen LogP contribution in [0.1, 0.15) is 37.8 Å². The van der Waals surface area contributed by atoms with Crippen LogP contribution >= 0.6 is 0 Å². The van der Waals surface area contributed by atoms with Crippen LogP contribution in [0.2, 0.25) is 0 Å². The van der Waals surface area contributed by atoms with Crippen LogP contribution in [-0.4, -0.2) is 80.4 Å². The van der Waals surface area contributed by atoms with Gasteiger partial charge in [0, 0.05) is 20.0 Å². The molecular formula is C31H42N4O9. The number of alkyl carbamates (subject to hydrolysis) is 1. The van der Waals surface area contributed by atoms with Gasteiger partial charge in [-0.05, 0) is 42.0 Å². The number of likely N-dealkylation sites (N-methyl/N-ethyl adjacent to an activating group) is 1.